The van der Waals surface area contributed by atoms with E-state index in [0.29, 0.717) is 21.3 Å². The number of rotatable bonds is 5. The van der Waals surface area contributed by atoms with Crippen LogP contribution in [0.15, 0.2) is 78.9 Å². The number of nitrogens with zero attached hydrogens (tertiary/aromatic N) is 1. The molecular weight excluding hydrogens is 425 g/mol. The number of halogens is 2. The third kappa shape index (κ3) is 4.93. The molecule has 2 nitrogen and oxygen atoms in total. The summed E-state index contributed by atoms with van der Waals surface area (Å²) in [4.78, 5) is 17.9. The molecule has 4 rings (SSSR count). The van der Waals surface area contributed by atoms with Crippen LogP contribution < -0.4 is 0 Å². The molecule has 4 aromatic rings. The average Bonchev–Trinajstić information content (AvgIpc) is 2.77. The van der Waals surface area contributed by atoms with Crippen LogP contribution in [0.4, 0.5) is 0 Å². The number of aromatic nitrogens is 1. The van der Waals surface area contributed by atoms with Crippen molar-refractivity contribution in [3.8, 4) is 0 Å². The largest absolute Gasteiger partial charge is 0.289 e. The van der Waals surface area contributed by atoms with E-state index >= 15 is 0 Å². The Labute approximate surface area is 191 Å². The topological polar surface area (TPSA) is 30.0 Å². The van der Waals surface area contributed by atoms with E-state index in [4.69, 9.17) is 23.2 Å². The van der Waals surface area contributed by atoms with E-state index in [2.05, 4.69) is 4.98 Å². The molecule has 3 aromatic carbocycles. The predicted molar refractivity (Wildman–Crippen MR) is 132 cm³/mol. The van der Waals surface area contributed by atoms with Crippen LogP contribution in [0, 0.1) is 6.92 Å². The number of carbonyl (C=O) groups is 1. The van der Waals surface area contributed by atoms with Gasteiger partial charge in [0, 0.05) is 21.1 Å². The Bertz CT molecular complexity index is 1300. The Hall–Kier alpha value is -3.20. The quantitative estimate of drug-likeness (QED) is 0.231. The summed E-state index contributed by atoms with van der Waals surface area (Å²) in [7, 11) is 0. The number of aryl methyl sites for hydroxylation is 1. The van der Waals surface area contributed by atoms with Crippen LogP contribution >= 0.6 is 23.2 Å². The SMILES string of the molecule is Cc1nc2ccccc2c(/C=C/c2ccc(Cl)cc2)c1C(=O)/C=C/c1ccc(Cl)cc1. The molecule has 0 saturated heterocycles. The number of ketones is 1. The van der Waals surface area contributed by atoms with E-state index in [1.807, 2.05) is 79.7 Å². The van der Waals surface area contributed by atoms with Crippen LogP contribution in [0.5, 0.6) is 0 Å². The second-order valence-corrected chi connectivity index (χ2v) is 8.01. The van der Waals surface area contributed by atoms with Gasteiger partial charge in [0.2, 0.25) is 0 Å². The van der Waals surface area contributed by atoms with Gasteiger partial charge in [-0.2, -0.15) is 0 Å². The molecule has 1 heterocycles. The van der Waals surface area contributed by atoms with Crippen molar-refractivity contribution in [1.29, 1.82) is 0 Å². The van der Waals surface area contributed by atoms with Gasteiger partial charge in [0.25, 0.3) is 0 Å². The zero-order chi connectivity index (χ0) is 21.8. The smallest absolute Gasteiger partial charge is 0.188 e. The summed E-state index contributed by atoms with van der Waals surface area (Å²) in [6.07, 6.45) is 7.34. The standard InChI is InChI=1S/C27H19Cl2NO/c1-18-27(26(31)17-11-20-8-14-22(29)15-9-20)24(23-4-2-3-5-25(23)30-18)16-10-19-6-12-21(28)13-7-19/h2-17H,1H3/b16-10+,17-11+. The summed E-state index contributed by atoms with van der Waals surface area (Å²) < 4.78 is 0. The van der Waals surface area contributed by atoms with Gasteiger partial charge in [-0.15, -0.1) is 0 Å². The Balaban J connectivity index is 1.79. The Morgan fingerprint density at radius 2 is 1.35 bits per heavy atom. The first-order valence-corrected chi connectivity index (χ1v) is 10.6. The zero-order valence-corrected chi connectivity index (χ0v) is 18.4. The lowest BCUT2D eigenvalue weighted by molar-refractivity contribution is 0.104. The fourth-order valence-electron chi connectivity index (χ4n) is 3.43. The Morgan fingerprint density at radius 1 is 0.774 bits per heavy atom. The summed E-state index contributed by atoms with van der Waals surface area (Å²) in [5.74, 6) is -0.0959. The van der Waals surface area contributed by atoms with E-state index in [0.717, 1.165) is 27.6 Å². The average molecular weight is 444 g/mol. The minimum Gasteiger partial charge on any atom is -0.289 e. The molecule has 0 atom stereocenters. The molecule has 0 N–H and O–H groups in total. The fourth-order valence-corrected chi connectivity index (χ4v) is 3.68. The first-order chi connectivity index (χ1) is 15.0. The normalized spacial score (nSPS) is 11.6. The van der Waals surface area contributed by atoms with Gasteiger partial charge in [0.15, 0.2) is 5.78 Å². The molecule has 1 aromatic heterocycles. The van der Waals surface area contributed by atoms with Crippen molar-refractivity contribution in [3.63, 3.8) is 0 Å². The van der Waals surface area contributed by atoms with E-state index < -0.39 is 0 Å². The number of allylic oxidation sites excluding steroid dienone is 1. The summed E-state index contributed by atoms with van der Waals surface area (Å²) >= 11 is 11.9. The molecule has 0 amide bonds. The van der Waals surface area contributed by atoms with E-state index in [-0.39, 0.29) is 5.78 Å². The molecule has 31 heavy (non-hydrogen) atoms. The maximum Gasteiger partial charge on any atom is 0.188 e. The van der Waals surface area contributed by atoms with Crippen molar-refractivity contribution in [2.24, 2.45) is 0 Å². The third-order valence-electron chi connectivity index (χ3n) is 4.97. The van der Waals surface area contributed by atoms with Crippen molar-refractivity contribution in [1.82, 2.24) is 4.98 Å². The summed E-state index contributed by atoms with van der Waals surface area (Å²) in [5.41, 5.74) is 4.90. The van der Waals surface area contributed by atoms with Crippen LogP contribution in [-0.4, -0.2) is 10.8 Å². The first-order valence-electron chi connectivity index (χ1n) is 9.82. The number of pyridine rings is 1. The van der Waals surface area contributed by atoms with Crippen LogP contribution in [0.2, 0.25) is 10.0 Å². The molecular formula is C27H19Cl2NO. The molecule has 0 bridgehead atoms. The second kappa shape index (κ2) is 9.30. The van der Waals surface area contributed by atoms with Crippen molar-refractivity contribution in [2.75, 3.05) is 0 Å². The zero-order valence-electron chi connectivity index (χ0n) is 16.8. The lowest BCUT2D eigenvalue weighted by Gasteiger charge is -2.11. The monoisotopic (exact) mass is 443 g/mol. The van der Waals surface area contributed by atoms with E-state index in [9.17, 15) is 4.79 Å². The van der Waals surface area contributed by atoms with E-state index in [1.54, 1.807) is 24.3 Å². The minimum atomic E-state index is -0.0959. The van der Waals surface area contributed by atoms with Gasteiger partial charge >= 0.3 is 0 Å². The highest BCUT2D eigenvalue weighted by Gasteiger charge is 2.15. The van der Waals surface area contributed by atoms with Crippen LogP contribution in [0.3, 0.4) is 0 Å². The molecule has 0 spiro atoms. The van der Waals surface area contributed by atoms with Gasteiger partial charge in [-0.1, -0.05) is 83.9 Å². The number of para-hydroxylation sites is 1. The number of fused-ring (bicyclic) bond motifs is 1. The van der Waals surface area contributed by atoms with Gasteiger partial charge in [0.05, 0.1) is 11.1 Å². The number of hydrogen-bond acceptors (Lipinski definition) is 2. The lowest BCUT2D eigenvalue weighted by Crippen LogP contribution is -2.05. The highest BCUT2D eigenvalue weighted by molar-refractivity contribution is 6.30. The molecule has 0 fully saturated rings. The van der Waals surface area contributed by atoms with Crippen LogP contribution in [0.25, 0.3) is 29.1 Å². The number of carbonyl (C=O) groups excluding carboxylic acids is 1. The minimum absolute atomic E-state index is 0.0959. The summed E-state index contributed by atoms with van der Waals surface area (Å²) in [6.45, 7) is 1.87. The summed E-state index contributed by atoms with van der Waals surface area (Å²) in [5, 5.41) is 2.28. The molecule has 0 radical (unpaired) electrons. The maximum absolute atomic E-state index is 13.2. The maximum atomic E-state index is 13.2. The number of benzene rings is 3. The van der Waals surface area contributed by atoms with Crippen LogP contribution in [0.1, 0.15) is 32.7 Å². The number of hydrogen-bond donors (Lipinski definition) is 0. The van der Waals surface area contributed by atoms with Gasteiger partial charge in [-0.3, -0.25) is 9.78 Å². The lowest BCUT2D eigenvalue weighted by atomic mass is 9.96. The molecule has 152 valence electrons. The van der Waals surface area contributed by atoms with Crippen LogP contribution in [-0.2, 0) is 0 Å². The van der Waals surface area contributed by atoms with E-state index in [1.165, 1.54) is 0 Å². The van der Waals surface area contributed by atoms with Gasteiger partial charge < -0.3 is 0 Å². The highest BCUT2D eigenvalue weighted by atomic mass is 35.5. The summed E-state index contributed by atoms with van der Waals surface area (Å²) in [6, 6.07) is 22.8. The van der Waals surface area contributed by atoms with Crippen molar-refractivity contribution < 1.29 is 4.79 Å². The van der Waals surface area contributed by atoms with Gasteiger partial charge in [-0.25, -0.2) is 0 Å². The highest BCUT2D eigenvalue weighted by Crippen LogP contribution is 2.27. The van der Waals surface area contributed by atoms with Gasteiger partial charge in [0.1, 0.15) is 0 Å². The molecule has 0 aliphatic rings. The molecule has 0 unspecified atom stereocenters. The Kier molecular flexibility index (Phi) is 6.31. The molecule has 4 heteroatoms. The molecule has 0 aliphatic heterocycles. The van der Waals surface area contributed by atoms with Gasteiger partial charge in [-0.05, 0) is 60.0 Å². The van der Waals surface area contributed by atoms with Crippen molar-refractivity contribution >= 4 is 58.1 Å². The second-order valence-electron chi connectivity index (χ2n) is 7.14. The predicted octanol–water partition coefficient (Wildman–Crippen LogP) is 7.92. The van der Waals surface area contributed by atoms with Crippen molar-refractivity contribution in [2.45, 2.75) is 6.92 Å². The molecule has 0 aliphatic carbocycles. The molecule has 0 saturated carbocycles. The van der Waals surface area contributed by atoms with Crippen molar-refractivity contribution in [3.05, 3.63) is 117 Å². The third-order valence-corrected chi connectivity index (χ3v) is 5.47. The first kappa shape index (κ1) is 21.0. The fraction of sp³-hybridized carbons (Fsp3) is 0.0370. The Morgan fingerprint density at radius 3 is 2.00 bits per heavy atom.